The maximum Gasteiger partial charge on any atom is 0.271 e. The molecule has 0 spiro atoms. The van der Waals surface area contributed by atoms with Gasteiger partial charge < -0.3 is 4.90 Å². The molecule has 3 rings (SSSR count). The first-order valence-electron chi connectivity index (χ1n) is 7.24. The summed E-state index contributed by atoms with van der Waals surface area (Å²) in [5.41, 5.74) is 1.06. The fraction of sp³-hybridized carbons (Fsp3) is 0.429. The van der Waals surface area contributed by atoms with Crippen LogP contribution in [0.1, 0.15) is 5.01 Å². The zero-order valence-electron chi connectivity index (χ0n) is 12.7. The van der Waals surface area contributed by atoms with Crippen LogP contribution in [0.4, 0.5) is 11.4 Å². The Hall–Kier alpha value is -1.71. The molecule has 9 heteroatoms. The van der Waals surface area contributed by atoms with Gasteiger partial charge in [0.05, 0.1) is 11.5 Å². The fourth-order valence-electron chi connectivity index (χ4n) is 2.54. The molecule has 1 aliphatic rings. The maximum atomic E-state index is 10.9. The number of aromatic nitrogens is 2. The molecule has 0 atom stereocenters. The highest BCUT2D eigenvalue weighted by Crippen LogP contribution is 2.24. The van der Waals surface area contributed by atoms with E-state index in [-0.39, 0.29) is 10.6 Å². The van der Waals surface area contributed by atoms with Gasteiger partial charge in [-0.05, 0) is 12.3 Å². The van der Waals surface area contributed by atoms with Gasteiger partial charge in [-0.1, -0.05) is 29.2 Å². The summed E-state index contributed by atoms with van der Waals surface area (Å²) in [5.74, 6) is 0. The van der Waals surface area contributed by atoms with Crippen LogP contribution < -0.4 is 4.90 Å². The van der Waals surface area contributed by atoms with E-state index in [1.165, 1.54) is 6.07 Å². The lowest BCUT2D eigenvalue weighted by Crippen LogP contribution is -2.45. The van der Waals surface area contributed by atoms with Crippen LogP contribution in [-0.4, -0.2) is 52.5 Å². The number of benzene rings is 1. The van der Waals surface area contributed by atoms with Crippen molar-refractivity contribution in [3.8, 4) is 0 Å². The second-order valence-corrected chi connectivity index (χ2v) is 7.32. The third-order valence-electron chi connectivity index (χ3n) is 3.76. The molecule has 23 heavy (non-hydrogen) atoms. The maximum absolute atomic E-state index is 10.9. The van der Waals surface area contributed by atoms with Gasteiger partial charge in [-0.25, -0.2) is 0 Å². The minimum atomic E-state index is -0.349. The van der Waals surface area contributed by atoms with Crippen LogP contribution in [0.25, 0.3) is 0 Å². The number of nitrogens with zero attached hydrogens (tertiary/aromatic N) is 5. The van der Waals surface area contributed by atoms with E-state index in [2.05, 4.69) is 20.0 Å². The molecule has 2 heterocycles. The molecule has 2 aromatic rings. The number of thioether (sulfide) groups is 1. The SMILES string of the molecule is CSc1nnc(CN2CCN(c3cccc([N+](=O)[O-])c3)CC2)s1. The Balaban J connectivity index is 1.57. The van der Waals surface area contributed by atoms with Gasteiger partial charge in [-0.2, -0.15) is 0 Å². The summed E-state index contributed by atoms with van der Waals surface area (Å²) in [7, 11) is 0. The summed E-state index contributed by atoms with van der Waals surface area (Å²) in [6, 6.07) is 6.84. The van der Waals surface area contributed by atoms with Crippen LogP contribution >= 0.6 is 23.1 Å². The standard InChI is InChI=1S/C14H17N5O2S2/c1-22-14-16-15-13(23-14)10-17-5-7-18(8-6-17)11-3-2-4-12(9-11)19(20)21/h2-4,9H,5-8,10H2,1H3. The van der Waals surface area contributed by atoms with E-state index in [9.17, 15) is 10.1 Å². The number of hydrogen-bond acceptors (Lipinski definition) is 8. The first-order valence-corrected chi connectivity index (χ1v) is 9.28. The van der Waals surface area contributed by atoms with Gasteiger partial charge in [0.25, 0.3) is 5.69 Å². The van der Waals surface area contributed by atoms with Crippen molar-refractivity contribution in [3.05, 3.63) is 39.4 Å². The number of nitro groups is 1. The Morgan fingerprint density at radius 1 is 1.30 bits per heavy atom. The van der Waals surface area contributed by atoms with Crippen molar-refractivity contribution in [2.24, 2.45) is 0 Å². The number of non-ortho nitro benzene ring substituents is 1. The van der Waals surface area contributed by atoms with Crippen LogP contribution in [0.15, 0.2) is 28.6 Å². The lowest BCUT2D eigenvalue weighted by atomic mass is 10.2. The largest absolute Gasteiger partial charge is 0.369 e. The number of piperazine rings is 1. The van der Waals surface area contributed by atoms with E-state index in [1.807, 2.05) is 12.3 Å². The van der Waals surface area contributed by atoms with Crippen LogP contribution in [0.5, 0.6) is 0 Å². The molecule has 1 aromatic heterocycles. The molecular weight excluding hydrogens is 334 g/mol. The minimum absolute atomic E-state index is 0.142. The third-order valence-corrected chi connectivity index (χ3v) is 5.64. The molecule has 0 bridgehead atoms. The molecule has 0 aliphatic carbocycles. The highest BCUT2D eigenvalue weighted by molar-refractivity contribution is 8.00. The van der Waals surface area contributed by atoms with Crippen molar-refractivity contribution in [1.29, 1.82) is 0 Å². The van der Waals surface area contributed by atoms with Gasteiger partial charge in [0.2, 0.25) is 0 Å². The predicted molar refractivity (Wildman–Crippen MR) is 92.3 cm³/mol. The van der Waals surface area contributed by atoms with Crippen molar-refractivity contribution in [2.75, 3.05) is 37.3 Å². The Morgan fingerprint density at radius 2 is 2.09 bits per heavy atom. The van der Waals surface area contributed by atoms with Crippen molar-refractivity contribution in [2.45, 2.75) is 10.9 Å². The number of anilines is 1. The van der Waals surface area contributed by atoms with Crippen LogP contribution in [0.3, 0.4) is 0 Å². The third kappa shape index (κ3) is 3.98. The normalized spacial score (nSPS) is 15.8. The molecule has 0 radical (unpaired) electrons. The van der Waals surface area contributed by atoms with E-state index in [0.29, 0.717) is 0 Å². The molecule has 1 fully saturated rings. The molecular formula is C14H17N5O2S2. The molecule has 1 aromatic carbocycles. The predicted octanol–water partition coefficient (Wildman–Crippen LogP) is 2.49. The van der Waals surface area contributed by atoms with E-state index >= 15 is 0 Å². The van der Waals surface area contributed by atoms with Crippen molar-refractivity contribution in [3.63, 3.8) is 0 Å². The van der Waals surface area contributed by atoms with Gasteiger partial charge in [-0.3, -0.25) is 15.0 Å². The quantitative estimate of drug-likeness (QED) is 0.465. The lowest BCUT2D eigenvalue weighted by Gasteiger charge is -2.35. The van der Waals surface area contributed by atoms with E-state index < -0.39 is 0 Å². The van der Waals surface area contributed by atoms with E-state index in [4.69, 9.17) is 0 Å². The Morgan fingerprint density at radius 3 is 2.74 bits per heavy atom. The highest BCUT2D eigenvalue weighted by atomic mass is 32.2. The van der Waals surface area contributed by atoms with E-state index in [0.717, 1.165) is 47.8 Å². The average Bonchev–Trinajstić information content (AvgIpc) is 3.03. The van der Waals surface area contributed by atoms with Crippen LogP contribution in [0.2, 0.25) is 0 Å². The Labute approximate surface area is 142 Å². The summed E-state index contributed by atoms with van der Waals surface area (Å²) in [6.45, 7) is 4.36. The van der Waals surface area contributed by atoms with Gasteiger partial charge in [-0.15, -0.1) is 10.2 Å². The molecule has 1 saturated heterocycles. The van der Waals surface area contributed by atoms with Gasteiger partial charge in [0.15, 0.2) is 4.34 Å². The average molecular weight is 351 g/mol. The lowest BCUT2D eigenvalue weighted by molar-refractivity contribution is -0.384. The Kier molecular flexibility index (Phi) is 5.09. The van der Waals surface area contributed by atoms with E-state index in [1.54, 1.807) is 35.2 Å². The van der Waals surface area contributed by atoms with Crippen molar-refractivity contribution in [1.82, 2.24) is 15.1 Å². The molecule has 1 aliphatic heterocycles. The molecule has 122 valence electrons. The van der Waals surface area contributed by atoms with Crippen LogP contribution in [-0.2, 0) is 6.54 Å². The molecule has 7 nitrogen and oxygen atoms in total. The summed E-state index contributed by atoms with van der Waals surface area (Å²) in [6.07, 6.45) is 2.00. The minimum Gasteiger partial charge on any atom is -0.369 e. The summed E-state index contributed by atoms with van der Waals surface area (Å²) >= 11 is 3.26. The Bertz CT molecular complexity index is 685. The molecule has 0 saturated carbocycles. The number of hydrogen-bond donors (Lipinski definition) is 0. The number of nitro benzene ring substituents is 1. The van der Waals surface area contributed by atoms with Crippen molar-refractivity contribution >= 4 is 34.5 Å². The fourth-order valence-corrected chi connectivity index (χ4v) is 3.90. The monoisotopic (exact) mass is 351 g/mol. The smallest absolute Gasteiger partial charge is 0.271 e. The van der Waals surface area contributed by atoms with Gasteiger partial charge in [0.1, 0.15) is 5.01 Å². The molecule has 0 amide bonds. The summed E-state index contributed by atoms with van der Waals surface area (Å²) in [4.78, 5) is 15.1. The molecule has 0 unspecified atom stereocenters. The first-order chi connectivity index (χ1) is 11.2. The molecule has 0 N–H and O–H groups in total. The zero-order chi connectivity index (χ0) is 16.2. The highest BCUT2D eigenvalue weighted by Gasteiger charge is 2.20. The van der Waals surface area contributed by atoms with Gasteiger partial charge in [0, 0.05) is 44.0 Å². The summed E-state index contributed by atoms with van der Waals surface area (Å²) in [5, 5.41) is 20.2. The van der Waals surface area contributed by atoms with Gasteiger partial charge >= 0.3 is 0 Å². The first kappa shape index (κ1) is 16.2. The van der Waals surface area contributed by atoms with Crippen LogP contribution in [0, 0.1) is 10.1 Å². The zero-order valence-corrected chi connectivity index (χ0v) is 14.3. The second-order valence-electron chi connectivity index (χ2n) is 5.21. The second kappa shape index (κ2) is 7.24. The topological polar surface area (TPSA) is 75.4 Å². The number of rotatable bonds is 5. The van der Waals surface area contributed by atoms with Crippen molar-refractivity contribution < 1.29 is 4.92 Å². The summed E-state index contributed by atoms with van der Waals surface area (Å²) < 4.78 is 0.996.